The Balaban J connectivity index is 0.736. The van der Waals surface area contributed by atoms with Crippen LogP contribution in [0.15, 0.2) is 24.0 Å². The van der Waals surface area contributed by atoms with Gasteiger partial charge in [0.1, 0.15) is 12.4 Å². The van der Waals surface area contributed by atoms with E-state index in [1.165, 1.54) is 129 Å². The first-order chi connectivity index (χ1) is 28.4. The van der Waals surface area contributed by atoms with Crippen LogP contribution in [0.4, 0.5) is 0 Å². The Bertz CT molecular complexity index is 1540. The van der Waals surface area contributed by atoms with E-state index >= 15 is 0 Å². The highest BCUT2D eigenvalue weighted by molar-refractivity contribution is 5.30. The molecule has 0 aromatic carbocycles. The summed E-state index contributed by atoms with van der Waals surface area (Å²) in [6, 6.07) is 0. The van der Waals surface area contributed by atoms with Crippen LogP contribution in [0.25, 0.3) is 0 Å². The van der Waals surface area contributed by atoms with E-state index in [0.29, 0.717) is 63.8 Å². The van der Waals surface area contributed by atoms with Crippen molar-refractivity contribution in [1.82, 2.24) is 4.90 Å². The molecule has 3 aliphatic heterocycles. The highest BCUT2D eigenvalue weighted by atomic mass is 16.5. The zero-order valence-corrected chi connectivity index (χ0v) is 40.8. The third-order valence-electron chi connectivity index (χ3n) is 21.7. The minimum atomic E-state index is 0.334. The summed E-state index contributed by atoms with van der Waals surface area (Å²) >= 11 is 0. The second-order valence-corrected chi connectivity index (χ2v) is 26.1. The molecule has 4 heteroatoms. The average Bonchev–Trinajstić information content (AvgIpc) is 3.65. The molecule has 5 unspecified atom stereocenters. The molecule has 0 amide bonds. The maximum Gasteiger partial charge on any atom is 0.112 e. The molecule has 2 saturated heterocycles. The molecule has 18 atom stereocenters. The molecular weight excluding hydrogens is 735 g/mol. The number of nitrogens with zero attached hydrogens (tertiary/aromatic N) is 1. The number of allylic oxidation sites excluding steroid dienone is 1. The van der Waals surface area contributed by atoms with Crippen molar-refractivity contribution in [2.45, 2.75) is 209 Å². The van der Waals surface area contributed by atoms with Gasteiger partial charge in [0, 0.05) is 19.6 Å². The summed E-state index contributed by atoms with van der Waals surface area (Å²) in [6.07, 6.45) is 29.1. The smallest absolute Gasteiger partial charge is 0.112 e. The molecule has 0 bridgehead atoms. The van der Waals surface area contributed by atoms with Gasteiger partial charge in [0.2, 0.25) is 0 Å². The lowest BCUT2D eigenvalue weighted by Crippen LogP contribution is -2.57. The van der Waals surface area contributed by atoms with Crippen LogP contribution >= 0.6 is 0 Å². The summed E-state index contributed by atoms with van der Waals surface area (Å²) < 4.78 is 19.7. The molecule has 8 fully saturated rings. The minimum Gasteiger partial charge on any atom is -0.490 e. The first-order valence-electron chi connectivity index (χ1n) is 26.5. The predicted octanol–water partition coefficient (Wildman–Crippen LogP) is 13.9. The van der Waals surface area contributed by atoms with Crippen LogP contribution in [0.2, 0.25) is 0 Å². The third kappa shape index (κ3) is 8.32. The molecule has 3 heterocycles. The van der Waals surface area contributed by atoms with E-state index in [4.69, 9.17) is 14.2 Å². The molecule has 6 saturated carbocycles. The monoisotopic (exact) mass is 828 g/mol. The van der Waals surface area contributed by atoms with Crippen LogP contribution < -0.4 is 0 Å². The van der Waals surface area contributed by atoms with Gasteiger partial charge in [0.05, 0.1) is 24.4 Å². The van der Waals surface area contributed by atoms with Gasteiger partial charge in [-0.1, -0.05) is 62.0 Å². The molecule has 0 radical (unpaired) electrons. The van der Waals surface area contributed by atoms with Crippen LogP contribution in [0, 0.1) is 92.7 Å². The summed E-state index contributed by atoms with van der Waals surface area (Å²) in [6.45, 7) is 34.2. The van der Waals surface area contributed by atoms with Crippen LogP contribution in [0.1, 0.15) is 185 Å². The van der Waals surface area contributed by atoms with Gasteiger partial charge < -0.3 is 19.1 Å². The molecule has 9 aliphatic rings. The van der Waals surface area contributed by atoms with Gasteiger partial charge in [-0.15, -0.1) is 0 Å². The Morgan fingerprint density at radius 2 is 1.38 bits per heavy atom. The van der Waals surface area contributed by atoms with Crippen molar-refractivity contribution >= 4 is 0 Å². The fraction of sp³-hybridized carbons (Fsp3) is 0.929. The lowest BCUT2D eigenvalue weighted by atomic mass is 9.40. The summed E-state index contributed by atoms with van der Waals surface area (Å²) in [7, 11) is 0. The molecule has 9 rings (SSSR count). The van der Waals surface area contributed by atoms with Gasteiger partial charge in [-0.05, 0) is 234 Å². The summed E-state index contributed by atoms with van der Waals surface area (Å²) in [4.78, 5) is 2.73. The van der Waals surface area contributed by atoms with Crippen LogP contribution in [-0.2, 0) is 14.2 Å². The largest absolute Gasteiger partial charge is 0.490 e. The number of ether oxygens (including phenoxy) is 3. The second kappa shape index (κ2) is 16.9. The van der Waals surface area contributed by atoms with E-state index in [1.54, 1.807) is 5.57 Å². The first kappa shape index (κ1) is 44.4. The lowest BCUT2D eigenvalue weighted by Gasteiger charge is -2.65. The van der Waals surface area contributed by atoms with E-state index in [2.05, 4.69) is 86.8 Å². The van der Waals surface area contributed by atoms with Gasteiger partial charge in [0.15, 0.2) is 0 Å². The molecule has 6 aliphatic carbocycles. The highest BCUT2D eigenvalue weighted by Crippen LogP contribution is 2.74. The van der Waals surface area contributed by atoms with E-state index in [1.807, 2.05) is 0 Å². The molecule has 0 aromatic rings. The third-order valence-corrected chi connectivity index (χ3v) is 21.7. The number of hydrogen-bond acceptors (Lipinski definition) is 4. The fourth-order valence-corrected chi connectivity index (χ4v) is 18.7. The van der Waals surface area contributed by atoms with E-state index in [9.17, 15) is 0 Å². The predicted molar refractivity (Wildman–Crippen MR) is 248 cm³/mol. The number of rotatable bonds is 9. The van der Waals surface area contributed by atoms with Gasteiger partial charge in [-0.2, -0.15) is 0 Å². The van der Waals surface area contributed by atoms with Gasteiger partial charge in [-0.3, -0.25) is 0 Å². The zero-order chi connectivity index (χ0) is 42.4. The summed E-state index contributed by atoms with van der Waals surface area (Å²) in [5.74, 6) is 11.0. The topological polar surface area (TPSA) is 30.9 Å². The van der Waals surface area contributed by atoms with E-state index in [0.717, 1.165) is 72.2 Å². The molecule has 4 nitrogen and oxygen atoms in total. The Morgan fingerprint density at radius 3 is 2.08 bits per heavy atom. The van der Waals surface area contributed by atoms with Crippen molar-refractivity contribution in [3.63, 3.8) is 0 Å². The Labute approximate surface area is 369 Å². The van der Waals surface area contributed by atoms with Crippen molar-refractivity contribution in [2.24, 2.45) is 92.7 Å². The normalized spacial score (nSPS) is 51.1. The minimum absolute atomic E-state index is 0.334. The van der Waals surface area contributed by atoms with Crippen molar-refractivity contribution in [2.75, 3.05) is 26.2 Å². The molecular formula is C56H93NO3. The van der Waals surface area contributed by atoms with Crippen molar-refractivity contribution < 1.29 is 14.2 Å². The van der Waals surface area contributed by atoms with Gasteiger partial charge in [-0.25, -0.2) is 0 Å². The average molecular weight is 828 g/mol. The van der Waals surface area contributed by atoms with Crippen molar-refractivity contribution in [3.05, 3.63) is 24.0 Å². The Hall–Kier alpha value is -0.840. The standard InChI is InChI=1S/C56H93NO3/c1-35-22-42(26-41-14-18-54(9)45(27-41)12-13-52-51(54)16-20-55(10)50(15-19-56(52,55)11)44-25-38(4)58-34-44)23-36(2)48(35)29-47-24-37(3)49(40(6)60-47)28-46-17-21-57(32-39(5)59-46)33-43-30-53(7,8)31-43/h25,35-37,39-43,45-52H,4,12-24,26-34H2,1-3,5-11H3/t35-,36+,37-,39?,40-,41+,42-,45?,46?,47+,48-,49-,50+,51?,52?,54-,55+,56+/m0/s1. The Morgan fingerprint density at radius 1 is 0.667 bits per heavy atom. The van der Waals surface area contributed by atoms with Gasteiger partial charge >= 0.3 is 0 Å². The van der Waals surface area contributed by atoms with Gasteiger partial charge in [0.25, 0.3) is 0 Å². The molecule has 0 spiro atoms. The van der Waals surface area contributed by atoms with Crippen LogP contribution in [-0.4, -0.2) is 55.6 Å². The number of fused-ring (bicyclic) bond motifs is 5. The molecule has 340 valence electrons. The zero-order valence-electron chi connectivity index (χ0n) is 40.8. The van der Waals surface area contributed by atoms with Crippen LogP contribution in [0.3, 0.4) is 0 Å². The molecule has 0 aromatic heterocycles. The van der Waals surface area contributed by atoms with E-state index in [-0.39, 0.29) is 0 Å². The Kier molecular flexibility index (Phi) is 12.5. The maximum absolute atomic E-state index is 7.02. The second-order valence-electron chi connectivity index (χ2n) is 26.1. The first-order valence-corrected chi connectivity index (χ1v) is 26.5. The van der Waals surface area contributed by atoms with Crippen molar-refractivity contribution in [3.8, 4) is 0 Å². The quantitative estimate of drug-likeness (QED) is 0.232. The summed E-state index contributed by atoms with van der Waals surface area (Å²) in [5.41, 5.74) is 3.58. The molecule has 60 heavy (non-hydrogen) atoms. The lowest BCUT2D eigenvalue weighted by molar-refractivity contribution is -0.156. The number of hydrogen-bond donors (Lipinski definition) is 0. The SMILES string of the molecule is C=C1C=C([C@H]2CC[C@]3(C)C4CCC5C[C@@H](C[C@@H]6C[C@@H](C)[C@@H](C[C@H]7C[C@H](C)[C@H](CC8CCN(CC9CC(C)(C)C9)CC(C)O8)[C@H](C)O7)[C@@H](C)C6)CC[C@]5(C)C4CC[C@]23C)CO1. The maximum atomic E-state index is 7.02. The summed E-state index contributed by atoms with van der Waals surface area (Å²) in [5, 5.41) is 0. The van der Waals surface area contributed by atoms with Crippen molar-refractivity contribution in [1.29, 1.82) is 0 Å². The highest BCUT2D eigenvalue weighted by Gasteiger charge is 2.66. The van der Waals surface area contributed by atoms with Crippen LogP contribution in [0.5, 0.6) is 0 Å². The fourth-order valence-electron chi connectivity index (χ4n) is 18.7. The molecule has 0 N–H and O–H groups in total. The van der Waals surface area contributed by atoms with E-state index < -0.39 is 0 Å².